The summed E-state index contributed by atoms with van der Waals surface area (Å²) in [6.45, 7) is 2.47. The summed E-state index contributed by atoms with van der Waals surface area (Å²) in [4.78, 5) is 13.9. The largest absolute Gasteiger partial charge is 0.493 e. The number of aryl methyl sites for hydroxylation is 1. The Morgan fingerprint density at radius 1 is 1.17 bits per heavy atom. The third-order valence-electron chi connectivity index (χ3n) is 3.46. The second kappa shape index (κ2) is 8.02. The van der Waals surface area contributed by atoms with Crippen LogP contribution in [0.3, 0.4) is 0 Å². The lowest BCUT2D eigenvalue weighted by Crippen LogP contribution is -2.31. The monoisotopic (exact) mass is 377 g/mol. The van der Waals surface area contributed by atoms with Crippen molar-refractivity contribution >= 4 is 21.8 Å². The molecule has 4 nitrogen and oxygen atoms in total. The molecule has 0 unspecified atom stereocenters. The lowest BCUT2D eigenvalue weighted by Gasteiger charge is -2.19. The maximum atomic E-state index is 12.2. The minimum atomic E-state index is -0.0941. The quantitative estimate of drug-likeness (QED) is 0.768. The molecule has 2 rings (SSSR count). The molecular formula is C18H20BrNO3. The number of hydrogen-bond acceptors (Lipinski definition) is 3. The molecule has 122 valence electrons. The number of amides is 1. The fraction of sp³-hybridized carbons (Fsp3) is 0.278. The first-order valence-corrected chi connectivity index (χ1v) is 8.05. The number of halogens is 1. The molecule has 0 N–H and O–H groups in total. The van der Waals surface area contributed by atoms with E-state index in [0.717, 1.165) is 15.6 Å². The predicted molar refractivity (Wildman–Crippen MR) is 93.8 cm³/mol. The standard InChI is InChI=1S/C18H20BrNO3/c1-13-8-9-16(17(10-13)22-3)23-12-18(21)20(2)11-14-6-4-5-7-15(14)19/h4-10H,11-12H2,1-3H3. The Morgan fingerprint density at radius 3 is 2.61 bits per heavy atom. The summed E-state index contributed by atoms with van der Waals surface area (Å²) in [7, 11) is 3.35. The number of methoxy groups -OCH3 is 1. The van der Waals surface area contributed by atoms with Crippen molar-refractivity contribution in [1.82, 2.24) is 4.90 Å². The summed E-state index contributed by atoms with van der Waals surface area (Å²) in [5, 5.41) is 0. The van der Waals surface area contributed by atoms with E-state index in [4.69, 9.17) is 9.47 Å². The smallest absolute Gasteiger partial charge is 0.260 e. The van der Waals surface area contributed by atoms with Crippen molar-refractivity contribution < 1.29 is 14.3 Å². The number of carbonyl (C=O) groups is 1. The summed E-state index contributed by atoms with van der Waals surface area (Å²) in [6.07, 6.45) is 0. The van der Waals surface area contributed by atoms with Crippen molar-refractivity contribution in [1.29, 1.82) is 0 Å². The van der Waals surface area contributed by atoms with Gasteiger partial charge in [0.05, 0.1) is 7.11 Å². The van der Waals surface area contributed by atoms with E-state index in [0.29, 0.717) is 18.0 Å². The molecule has 2 aromatic rings. The van der Waals surface area contributed by atoms with Crippen LogP contribution in [-0.2, 0) is 11.3 Å². The van der Waals surface area contributed by atoms with E-state index in [1.807, 2.05) is 49.4 Å². The molecule has 0 bridgehead atoms. The number of benzene rings is 2. The van der Waals surface area contributed by atoms with E-state index in [2.05, 4.69) is 15.9 Å². The number of carbonyl (C=O) groups excluding carboxylic acids is 1. The Balaban J connectivity index is 1.95. The molecule has 0 atom stereocenters. The maximum absolute atomic E-state index is 12.2. The van der Waals surface area contributed by atoms with Crippen LogP contribution in [0.4, 0.5) is 0 Å². The molecule has 2 aromatic carbocycles. The second-order valence-corrected chi connectivity index (χ2v) is 6.14. The average Bonchev–Trinajstić information content (AvgIpc) is 2.55. The predicted octanol–water partition coefficient (Wildman–Crippen LogP) is 3.80. The van der Waals surface area contributed by atoms with Gasteiger partial charge in [-0.15, -0.1) is 0 Å². The molecule has 0 radical (unpaired) electrons. The van der Waals surface area contributed by atoms with Crippen LogP contribution < -0.4 is 9.47 Å². The molecule has 1 amide bonds. The minimum Gasteiger partial charge on any atom is -0.493 e. The summed E-state index contributed by atoms with van der Waals surface area (Å²) in [6, 6.07) is 13.5. The van der Waals surface area contributed by atoms with Gasteiger partial charge >= 0.3 is 0 Å². The summed E-state index contributed by atoms with van der Waals surface area (Å²) in [5.74, 6) is 1.11. The van der Waals surface area contributed by atoms with E-state index in [1.54, 1.807) is 19.1 Å². The zero-order valence-electron chi connectivity index (χ0n) is 13.5. The van der Waals surface area contributed by atoms with Crippen LogP contribution in [0.2, 0.25) is 0 Å². The zero-order chi connectivity index (χ0) is 16.8. The van der Waals surface area contributed by atoms with Gasteiger partial charge < -0.3 is 14.4 Å². The minimum absolute atomic E-state index is 0.0274. The highest BCUT2D eigenvalue weighted by molar-refractivity contribution is 9.10. The molecule has 0 aliphatic rings. The molecule has 0 aliphatic carbocycles. The van der Waals surface area contributed by atoms with E-state index in [-0.39, 0.29) is 12.5 Å². The Hall–Kier alpha value is -2.01. The van der Waals surface area contributed by atoms with Crippen molar-refractivity contribution in [3.05, 3.63) is 58.1 Å². The van der Waals surface area contributed by atoms with Gasteiger partial charge in [-0.25, -0.2) is 0 Å². The highest BCUT2D eigenvalue weighted by Crippen LogP contribution is 2.27. The van der Waals surface area contributed by atoms with E-state index in [9.17, 15) is 4.79 Å². The Labute approximate surface area is 145 Å². The third kappa shape index (κ3) is 4.73. The molecule has 0 spiro atoms. The van der Waals surface area contributed by atoms with Crippen molar-refractivity contribution in [2.75, 3.05) is 20.8 Å². The van der Waals surface area contributed by atoms with Gasteiger partial charge in [-0.3, -0.25) is 4.79 Å². The van der Waals surface area contributed by atoms with Crippen molar-refractivity contribution in [3.8, 4) is 11.5 Å². The van der Waals surface area contributed by atoms with Crippen molar-refractivity contribution in [2.24, 2.45) is 0 Å². The van der Waals surface area contributed by atoms with Gasteiger partial charge in [0.1, 0.15) is 0 Å². The number of hydrogen-bond donors (Lipinski definition) is 0. The Kier molecular flexibility index (Phi) is 6.04. The van der Waals surface area contributed by atoms with E-state index in [1.165, 1.54) is 0 Å². The highest BCUT2D eigenvalue weighted by atomic mass is 79.9. The topological polar surface area (TPSA) is 38.8 Å². The number of ether oxygens (including phenoxy) is 2. The normalized spacial score (nSPS) is 10.3. The van der Waals surface area contributed by atoms with Crippen LogP contribution in [0.25, 0.3) is 0 Å². The molecule has 0 fully saturated rings. The molecule has 0 heterocycles. The van der Waals surface area contributed by atoms with Crippen molar-refractivity contribution in [3.63, 3.8) is 0 Å². The van der Waals surface area contributed by atoms with Crippen LogP contribution >= 0.6 is 15.9 Å². The first kappa shape index (κ1) is 17.3. The van der Waals surface area contributed by atoms with Crippen molar-refractivity contribution in [2.45, 2.75) is 13.5 Å². The average molecular weight is 378 g/mol. The van der Waals surface area contributed by atoms with Gasteiger partial charge in [0.2, 0.25) is 0 Å². The zero-order valence-corrected chi connectivity index (χ0v) is 15.1. The molecule has 0 aromatic heterocycles. The van der Waals surface area contributed by atoms with Crippen LogP contribution in [0.5, 0.6) is 11.5 Å². The molecular weight excluding hydrogens is 358 g/mol. The number of likely N-dealkylation sites (N-methyl/N-ethyl adjacent to an activating group) is 1. The Morgan fingerprint density at radius 2 is 1.91 bits per heavy atom. The van der Waals surface area contributed by atoms with E-state index < -0.39 is 0 Å². The SMILES string of the molecule is COc1cc(C)ccc1OCC(=O)N(C)Cc1ccccc1Br. The molecule has 0 saturated heterocycles. The Bertz CT molecular complexity index is 688. The van der Waals surface area contributed by atoms with Crippen LogP contribution in [0.15, 0.2) is 46.9 Å². The first-order valence-electron chi connectivity index (χ1n) is 7.26. The fourth-order valence-corrected chi connectivity index (χ4v) is 2.52. The van der Waals surface area contributed by atoms with Gasteiger partial charge in [0.15, 0.2) is 18.1 Å². The maximum Gasteiger partial charge on any atom is 0.260 e. The van der Waals surface area contributed by atoms with Crippen LogP contribution in [0.1, 0.15) is 11.1 Å². The second-order valence-electron chi connectivity index (χ2n) is 5.28. The van der Waals surface area contributed by atoms with E-state index >= 15 is 0 Å². The highest BCUT2D eigenvalue weighted by Gasteiger charge is 2.13. The van der Waals surface area contributed by atoms with Crippen LogP contribution in [0, 0.1) is 6.92 Å². The lowest BCUT2D eigenvalue weighted by atomic mass is 10.2. The van der Waals surface area contributed by atoms with Gasteiger partial charge in [-0.2, -0.15) is 0 Å². The lowest BCUT2D eigenvalue weighted by molar-refractivity contribution is -0.132. The molecule has 5 heteroatoms. The number of rotatable bonds is 6. The molecule has 0 saturated carbocycles. The van der Waals surface area contributed by atoms with Gasteiger partial charge in [0, 0.05) is 18.1 Å². The summed E-state index contributed by atoms with van der Waals surface area (Å²) < 4.78 is 11.9. The van der Waals surface area contributed by atoms with Gasteiger partial charge in [0.25, 0.3) is 5.91 Å². The van der Waals surface area contributed by atoms with Gasteiger partial charge in [-0.05, 0) is 36.2 Å². The van der Waals surface area contributed by atoms with Gasteiger partial charge in [-0.1, -0.05) is 40.2 Å². The third-order valence-corrected chi connectivity index (χ3v) is 4.24. The summed E-state index contributed by atoms with van der Waals surface area (Å²) in [5.41, 5.74) is 2.13. The number of nitrogens with zero attached hydrogens (tertiary/aromatic N) is 1. The molecule has 23 heavy (non-hydrogen) atoms. The van der Waals surface area contributed by atoms with Crippen LogP contribution in [-0.4, -0.2) is 31.6 Å². The fourth-order valence-electron chi connectivity index (χ4n) is 2.11. The summed E-state index contributed by atoms with van der Waals surface area (Å²) >= 11 is 3.49. The first-order chi connectivity index (χ1) is 11.0. The molecule has 0 aliphatic heterocycles.